The van der Waals surface area contributed by atoms with Gasteiger partial charge in [0.2, 0.25) is 5.91 Å². The smallest absolute Gasteiger partial charge is 0.405 e. The summed E-state index contributed by atoms with van der Waals surface area (Å²) in [5.41, 5.74) is 0.466. The van der Waals surface area contributed by atoms with Crippen LogP contribution in [0.3, 0.4) is 0 Å². The number of anilines is 1. The number of likely N-dealkylation sites (tertiary alicyclic amines) is 1. The van der Waals surface area contributed by atoms with Crippen molar-refractivity contribution in [3.8, 4) is 11.5 Å². The van der Waals surface area contributed by atoms with E-state index in [1.165, 1.54) is 4.90 Å². The third-order valence-electron chi connectivity index (χ3n) is 5.43. The van der Waals surface area contributed by atoms with Gasteiger partial charge >= 0.3 is 12.2 Å². The van der Waals surface area contributed by atoms with Crippen molar-refractivity contribution in [1.82, 2.24) is 10.2 Å². The Balaban J connectivity index is 1.39. The molecule has 2 aliphatic heterocycles. The Morgan fingerprint density at radius 1 is 1.14 bits per heavy atom. The molecule has 3 amide bonds. The quantitative estimate of drug-likeness (QED) is 0.796. The summed E-state index contributed by atoms with van der Waals surface area (Å²) >= 11 is 0. The van der Waals surface area contributed by atoms with Gasteiger partial charge in [-0.2, -0.15) is 13.2 Å². The first-order chi connectivity index (χ1) is 13.7. The molecule has 1 aromatic carbocycles. The second kappa shape index (κ2) is 7.31. The normalized spacial score (nSPS) is 22.2. The zero-order valence-corrected chi connectivity index (χ0v) is 15.7. The third-order valence-corrected chi connectivity index (χ3v) is 5.43. The highest BCUT2D eigenvalue weighted by atomic mass is 19.4. The maximum Gasteiger partial charge on any atom is 0.405 e. The summed E-state index contributed by atoms with van der Waals surface area (Å²) < 4.78 is 48.9. The lowest BCUT2D eigenvalue weighted by molar-refractivity contribution is -0.140. The number of alkyl halides is 3. The lowest BCUT2D eigenvalue weighted by Gasteiger charge is -2.24. The molecule has 3 aliphatic rings. The van der Waals surface area contributed by atoms with E-state index in [1.807, 2.05) is 5.32 Å². The van der Waals surface area contributed by atoms with Gasteiger partial charge in [-0.15, -0.1) is 0 Å². The van der Waals surface area contributed by atoms with Gasteiger partial charge in [0, 0.05) is 31.1 Å². The van der Waals surface area contributed by atoms with Gasteiger partial charge in [0.1, 0.15) is 12.6 Å². The van der Waals surface area contributed by atoms with Crippen LogP contribution in [-0.4, -0.2) is 47.9 Å². The van der Waals surface area contributed by atoms with E-state index in [0.717, 1.165) is 25.7 Å². The number of rotatable bonds is 3. The molecule has 10 heteroatoms. The van der Waals surface area contributed by atoms with Crippen LogP contribution in [0.25, 0.3) is 0 Å². The van der Waals surface area contributed by atoms with Crippen LogP contribution in [0.15, 0.2) is 18.2 Å². The number of halogens is 3. The molecule has 1 aromatic rings. The number of carbonyl (C=O) groups is 2. The molecule has 2 heterocycles. The molecule has 4 rings (SSSR count). The van der Waals surface area contributed by atoms with Crippen molar-refractivity contribution in [2.75, 3.05) is 18.4 Å². The zero-order chi connectivity index (χ0) is 20.6. The van der Waals surface area contributed by atoms with E-state index in [4.69, 9.17) is 9.47 Å². The van der Waals surface area contributed by atoms with Crippen molar-refractivity contribution in [3.05, 3.63) is 18.2 Å². The summed E-state index contributed by atoms with van der Waals surface area (Å²) in [6, 6.07) is 3.59. The van der Waals surface area contributed by atoms with E-state index in [9.17, 15) is 22.8 Å². The van der Waals surface area contributed by atoms with E-state index < -0.39 is 36.5 Å². The van der Waals surface area contributed by atoms with Crippen LogP contribution in [0.5, 0.6) is 11.5 Å². The fourth-order valence-electron chi connectivity index (χ4n) is 4.07. The Kier molecular flexibility index (Phi) is 4.95. The highest BCUT2D eigenvalue weighted by molar-refractivity contribution is 5.94. The summed E-state index contributed by atoms with van der Waals surface area (Å²) in [4.78, 5) is 26.0. The Morgan fingerprint density at radius 2 is 1.86 bits per heavy atom. The average molecular weight is 413 g/mol. The number of urea groups is 1. The summed E-state index contributed by atoms with van der Waals surface area (Å²) in [7, 11) is 0. The summed E-state index contributed by atoms with van der Waals surface area (Å²) in [6.07, 6.45) is 0.0544. The van der Waals surface area contributed by atoms with Crippen molar-refractivity contribution in [2.45, 2.75) is 56.5 Å². The Hall–Kier alpha value is -2.65. The largest absolute Gasteiger partial charge is 0.448 e. The van der Waals surface area contributed by atoms with Gasteiger partial charge in [0.15, 0.2) is 11.5 Å². The number of nitrogens with zero attached hydrogens (tertiary/aromatic N) is 1. The summed E-state index contributed by atoms with van der Waals surface area (Å²) in [6.45, 7) is -1.12. The number of hydrogen-bond donors (Lipinski definition) is 2. The van der Waals surface area contributed by atoms with Crippen molar-refractivity contribution in [1.29, 1.82) is 0 Å². The van der Waals surface area contributed by atoms with Crippen LogP contribution in [0.4, 0.5) is 23.7 Å². The number of fused-ring (bicyclic) bond motifs is 1. The van der Waals surface area contributed by atoms with Crippen LogP contribution in [0.2, 0.25) is 0 Å². The Morgan fingerprint density at radius 3 is 2.59 bits per heavy atom. The maximum absolute atomic E-state index is 12.6. The Labute approximate surface area is 165 Å². The molecule has 2 N–H and O–H groups in total. The second-order valence-electron chi connectivity index (χ2n) is 7.60. The highest BCUT2D eigenvalue weighted by Gasteiger charge is 2.44. The molecule has 1 unspecified atom stereocenters. The van der Waals surface area contributed by atoms with Gasteiger partial charge in [0.25, 0.3) is 5.79 Å². The van der Waals surface area contributed by atoms with E-state index in [-0.39, 0.29) is 0 Å². The first-order valence-electron chi connectivity index (χ1n) is 9.69. The molecule has 0 bridgehead atoms. The van der Waals surface area contributed by atoms with Crippen molar-refractivity contribution in [3.63, 3.8) is 0 Å². The zero-order valence-electron chi connectivity index (χ0n) is 15.7. The molecule has 0 radical (unpaired) electrons. The molecule has 7 nitrogen and oxygen atoms in total. The monoisotopic (exact) mass is 413 g/mol. The molecule has 1 aliphatic carbocycles. The van der Waals surface area contributed by atoms with Crippen LogP contribution >= 0.6 is 0 Å². The summed E-state index contributed by atoms with van der Waals surface area (Å²) in [5.74, 6) is -0.244. The standard InChI is InChI=1S/C19H22F3N3O4/c20-19(21,22)11-23-16(26)13-4-3-9-25(13)17(27)24-12-5-6-14-15(10-12)29-18(28-14)7-1-2-8-18/h5-6,10,13H,1-4,7-9,11H2,(H,23,26)(H,24,27). The number of benzene rings is 1. The number of amides is 3. The number of carbonyl (C=O) groups excluding carboxylic acids is 2. The molecule has 1 atom stereocenters. The molecule has 1 saturated carbocycles. The minimum absolute atomic E-state index is 0.295. The highest BCUT2D eigenvalue weighted by Crippen LogP contribution is 2.47. The fourth-order valence-corrected chi connectivity index (χ4v) is 4.07. The number of hydrogen-bond acceptors (Lipinski definition) is 4. The number of ether oxygens (including phenoxy) is 2. The van der Waals surface area contributed by atoms with Gasteiger partial charge in [-0.1, -0.05) is 0 Å². The van der Waals surface area contributed by atoms with Crippen LogP contribution in [0.1, 0.15) is 38.5 Å². The lowest BCUT2D eigenvalue weighted by atomic mass is 10.2. The molecule has 0 aromatic heterocycles. The Bertz CT molecular complexity index is 808. The predicted octanol–water partition coefficient (Wildman–Crippen LogP) is 3.40. The van der Waals surface area contributed by atoms with Crippen LogP contribution in [0, 0.1) is 0 Å². The second-order valence-corrected chi connectivity index (χ2v) is 7.60. The lowest BCUT2D eigenvalue weighted by Crippen LogP contribution is -2.49. The molecular weight excluding hydrogens is 391 g/mol. The molecule has 158 valence electrons. The molecule has 1 saturated heterocycles. The van der Waals surface area contributed by atoms with E-state index in [1.54, 1.807) is 18.2 Å². The first-order valence-corrected chi connectivity index (χ1v) is 9.69. The van der Waals surface area contributed by atoms with E-state index in [0.29, 0.717) is 36.6 Å². The van der Waals surface area contributed by atoms with Crippen molar-refractivity contribution in [2.24, 2.45) is 0 Å². The van der Waals surface area contributed by atoms with Crippen LogP contribution < -0.4 is 20.1 Å². The van der Waals surface area contributed by atoms with Gasteiger partial charge in [0.05, 0.1) is 0 Å². The van der Waals surface area contributed by atoms with Gasteiger partial charge in [-0.3, -0.25) is 4.79 Å². The SMILES string of the molecule is O=C(NCC(F)(F)F)C1CCCN1C(=O)Nc1ccc2c(c1)OC1(CCCC1)O2. The molecule has 29 heavy (non-hydrogen) atoms. The minimum atomic E-state index is -4.50. The summed E-state index contributed by atoms with van der Waals surface area (Å²) in [5, 5.41) is 4.55. The average Bonchev–Trinajstić information content (AvgIpc) is 3.38. The fraction of sp³-hybridized carbons (Fsp3) is 0.579. The molecule has 2 fully saturated rings. The van der Waals surface area contributed by atoms with Crippen molar-refractivity contribution < 1.29 is 32.2 Å². The topological polar surface area (TPSA) is 79.9 Å². The first kappa shape index (κ1) is 19.7. The van der Waals surface area contributed by atoms with E-state index >= 15 is 0 Å². The van der Waals surface area contributed by atoms with Crippen molar-refractivity contribution >= 4 is 17.6 Å². The predicted molar refractivity (Wildman–Crippen MR) is 96.7 cm³/mol. The van der Waals surface area contributed by atoms with Gasteiger partial charge in [-0.05, 0) is 37.8 Å². The van der Waals surface area contributed by atoms with E-state index in [2.05, 4.69) is 5.32 Å². The van der Waals surface area contributed by atoms with Gasteiger partial charge < -0.3 is 25.0 Å². The molecular formula is C19H22F3N3O4. The van der Waals surface area contributed by atoms with Gasteiger partial charge in [-0.25, -0.2) is 4.79 Å². The third kappa shape index (κ3) is 4.20. The minimum Gasteiger partial charge on any atom is -0.448 e. The maximum atomic E-state index is 12.6. The molecule has 1 spiro atoms. The number of nitrogens with one attached hydrogen (secondary N) is 2. The van der Waals surface area contributed by atoms with Crippen LogP contribution in [-0.2, 0) is 4.79 Å².